The number of hydrogen-bond acceptors (Lipinski definition) is 5. The van der Waals surface area contributed by atoms with Crippen LogP contribution in [0.2, 0.25) is 0 Å². The van der Waals surface area contributed by atoms with Gasteiger partial charge in [0, 0.05) is 25.9 Å². The van der Waals surface area contributed by atoms with Gasteiger partial charge in [0.25, 0.3) is 0 Å². The van der Waals surface area contributed by atoms with E-state index in [-0.39, 0.29) is 5.84 Å². The highest BCUT2D eigenvalue weighted by Gasteiger charge is 2.16. The zero-order chi connectivity index (χ0) is 13.5. The van der Waals surface area contributed by atoms with Crippen LogP contribution in [0.25, 0.3) is 0 Å². The van der Waals surface area contributed by atoms with E-state index in [1.165, 1.54) is 0 Å². The van der Waals surface area contributed by atoms with Gasteiger partial charge >= 0.3 is 0 Å². The molecule has 3 N–H and O–H groups in total. The smallest absolute Gasteiger partial charge is 0.226 e. The Labute approximate surface area is 108 Å². The molecular formula is C12H21N5O. The van der Waals surface area contributed by atoms with E-state index in [0.717, 1.165) is 6.42 Å². The Morgan fingerprint density at radius 1 is 1.61 bits per heavy atom. The maximum absolute atomic E-state index is 7.41. The molecule has 0 spiro atoms. The highest BCUT2D eigenvalue weighted by atomic mass is 16.5. The second-order valence-electron chi connectivity index (χ2n) is 4.10. The number of nitrogens with two attached hydrogens (primary N) is 1. The first-order chi connectivity index (χ1) is 8.60. The van der Waals surface area contributed by atoms with Crippen LogP contribution < -0.4 is 10.6 Å². The molecule has 0 aromatic carbocycles. The molecule has 6 heteroatoms. The van der Waals surface area contributed by atoms with Gasteiger partial charge in [0.15, 0.2) is 0 Å². The lowest BCUT2D eigenvalue weighted by Gasteiger charge is -2.28. The number of hydrogen-bond donors (Lipinski definition) is 2. The van der Waals surface area contributed by atoms with Crippen molar-refractivity contribution in [2.24, 2.45) is 5.73 Å². The summed E-state index contributed by atoms with van der Waals surface area (Å²) < 4.78 is 5.10. The number of aromatic nitrogens is 2. The van der Waals surface area contributed by atoms with E-state index in [1.807, 2.05) is 0 Å². The first-order valence-electron chi connectivity index (χ1n) is 6.03. The van der Waals surface area contributed by atoms with Crippen molar-refractivity contribution < 1.29 is 4.74 Å². The van der Waals surface area contributed by atoms with Crippen LogP contribution in [-0.2, 0) is 4.74 Å². The van der Waals surface area contributed by atoms with Gasteiger partial charge < -0.3 is 15.4 Å². The van der Waals surface area contributed by atoms with E-state index >= 15 is 0 Å². The number of nitrogens with one attached hydrogen (secondary N) is 1. The summed E-state index contributed by atoms with van der Waals surface area (Å²) in [4.78, 5) is 10.6. The first kappa shape index (κ1) is 14.4. The largest absolute Gasteiger partial charge is 0.383 e. The molecule has 100 valence electrons. The number of amidine groups is 1. The fraction of sp³-hybridized carbons (Fsp3) is 0.583. The predicted octanol–water partition coefficient (Wildman–Crippen LogP) is 1.01. The molecule has 1 unspecified atom stereocenters. The average Bonchev–Trinajstić information content (AvgIpc) is 2.39. The lowest BCUT2D eigenvalue weighted by Crippen LogP contribution is -2.37. The maximum atomic E-state index is 7.41. The molecule has 1 atom stereocenters. The molecule has 1 aromatic rings. The highest BCUT2D eigenvalue weighted by Crippen LogP contribution is 2.13. The summed E-state index contributed by atoms with van der Waals surface area (Å²) in [7, 11) is 1.67. The summed E-state index contributed by atoms with van der Waals surface area (Å²) in [5, 5.41) is 7.41. The molecule has 0 amide bonds. The van der Waals surface area contributed by atoms with Crippen molar-refractivity contribution in [1.29, 1.82) is 5.41 Å². The summed E-state index contributed by atoms with van der Waals surface area (Å²) in [6.07, 6.45) is 2.61. The highest BCUT2D eigenvalue weighted by molar-refractivity contribution is 5.93. The first-order valence-corrected chi connectivity index (χ1v) is 6.03. The molecule has 0 radical (unpaired) electrons. The van der Waals surface area contributed by atoms with Crippen LogP contribution in [0.1, 0.15) is 26.0 Å². The van der Waals surface area contributed by atoms with Crippen molar-refractivity contribution in [3.05, 3.63) is 18.0 Å². The van der Waals surface area contributed by atoms with E-state index in [0.29, 0.717) is 30.8 Å². The second-order valence-corrected chi connectivity index (χ2v) is 4.10. The van der Waals surface area contributed by atoms with Crippen LogP contribution in [0.4, 0.5) is 5.95 Å². The Morgan fingerprint density at radius 2 is 2.33 bits per heavy atom. The van der Waals surface area contributed by atoms with Gasteiger partial charge in [-0.1, -0.05) is 6.92 Å². The summed E-state index contributed by atoms with van der Waals surface area (Å²) in [5.41, 5.74) is 5.89. The number of ether oxygens (including phenoxy) is 1. The third-order valence-electron chi connectivity index (χ3n) is 2.83. The molecule has 1 heterocycles. The van der Waals surface area contributed by atoms with Crippen molar-refractivity contribution in [2.45, 2.75) is 26.3 Å². The Bertz CT molecular complexity index is 396. The predicted molar refractivity (Wildman–Crippen MR) is 72.0 cm³/mol. The van der Waals surface area contributed by atoms with Gasteiger partial charge in [-0.25, -0.2) is 9.97 Å². The molecular weight excluding hydrogens is 230 g/mol. The average molecular weight is 251 g/mol. The van der Waals surface area contributed by atoms with Gasteiger partial charge in [0.2, 0.25) is 5.95 Å². The van der Waals surface area contributed by atoms with Crippen LogP contribution in [0.15, 0.2) is 12.3 Å². The lowest BCUT2D eigenvalue weighted by molar-refractivity contribution is 0.203. The van der Waals surface area contributed by atoms with Gasteiger partial charge in [0.1, 0.15) is 11.5 Å². The molecule has 0 saturated carbocycles. The van der Waals surface area contributed by atoms with Gasteiger partial charge in [-0.3, -0.25) is 5.41 Å². The van der Waals surface area contributed by atoms with Crippen molar-refractivity contribution in [1.82, 2.24) is 9.97 Å². The zero-order valence-electron chi connectivity index (χ0n) is 11.2. The quantitative estimate of drug-likeness (QED) is 0.558. The van der Waals surface area contributed by atoms with Gasteiger partial charge in [-0.15, -0.1) is 0 Å². The Morgan fingerprint density at radius 3 is 2.89 bits per heavy atom. The number of anilines is 1. The molecule has 0 bridgehead atoms. The summed E-state index contributed by atoms with van der Waals surface area (Å²) in [6.45, 7) is 5.55. The van der Waals surface area contributed by atoms with Crippen LogP contribution in [0.5, 0.6) is 0 Å². The zero-order valence-corrected chi connectivity index (χ0v) is 11.2. The normalized spacial score (nSPS) is 12.2. The van der Waals surface area contributed by atoms with Crippen LogP contribution in [-0.4, -0.2) is 42.1 Å². The van der Waals surface area contributed by atoms with Crippen molar-refractivity contribution in [2.75, 3.05) is 25.2 Å². The second kappa shape index (κ2) is 6.90. The van der Waals surface area contributed by atoms with Crippen LogP contribution in [0.3, 0.4) is 0 Å². The third-order valence-corrected chi connectivity index (χ3v) is 2.83. The van der Waals surface area contributed by atoms with Gasteiger partial charge in [-0.2, -0.15) is 0 Å². The standard InChI is InChI=1S/C12H21N5O/c1-4-9(2)17(7-8-18-3)12-15-6-5-10(16-12)11(13)14/h5-6,9H,4,7-8H2,1-3H3,(H3,13,14). The van der Waals surface area contributed by atoms with Gasteiger partial charge in [0.05, 0.1) is 6.61 Å². The monoisotopic (exact) mass is 251 g/mol. The molecule has 0 saturated heterocycles. The Kier molecular flexibility index (Phi) is 5.51. The number of nitrogens with zero attached hydrogens (tertiary/aromatic N) is 3. The maximum Gasteiger partial charge on any atom is 0.226 e. The van der Waals surface area contributed by atoms with E-state index in [9.17, 15) is 0 Å². The van der Waals surface area contributed by atoms with E-state index < -0.39 is 0 Å². The molecule has 1 rings (SSSR count). The summed E-state index contributed by atoms with van der Waals surface area (Å²) in [5.74, 6) is 0.545. The van der Waals surface area contributed by atoms with Crippen LogP contribution >= 0.6 is 0 Å². The minimum absolute atomic E-state index is 0.0468. The summed E-state index contributed by atoms with van der Waals surface area (Å²) in [6, 6.07) is 1.94. The number of methoxy groups -OCH3 is 1. The minimum Gasteiger partial charge on any atom is -0.383 e. The molecule has 0 aliphatic rings. The molecule has 0 aliphatic carbocycles. The SMILES string of the molecule is CCC(C)N(CCOC)c1nccc(C(=N)N)n1. The Balaban J connectivity index is 2.96. The summed E-state index contributed by atoms with van der Waals surface area (Å²) >= 11 is 0. The molecule has 1 aromatic heterocycles. The molecule has 6 nitrogen and oxygen atoms in total. The van der Waals surface area contributed by atoms with Crippen molar-refractivity contribution in [3.63, 3.8) is 0 Å². The minimum atomic E-state index is -0.0468. The van der Waals surface area contributed by atoms with E-state index in [4.69, 9.17) is 15.9 Å². The third kappa shape index (κ3) is 3.66. The van der Waals surface area contributed by atoms with Crippen LogP contribution in [0, 0.1) is 5.41 Å². The molecule has 18 heavy (non-hydrogen) atoms. The van der Waals surface area contributed by atoms with Gasteiger partial charge in [-0.05, 0) is 19.4 Å². The number of rotatable bonds is 7. The van der Waals surface area contributed by atoms with E-state index in [2.05, 4.69) is 28.7 Å². The lowest BCUT2D eigenvalue weighted by atomic mass is 10.2. The fourth-order valence-corrected chi connectivity index (χ4v) is 1.56. The molecule has 0 fully saturated rings. The number of nitrogen functional groups attached to an aromatic ring is 1. The van der Waals surface area contributed by atoms with Crippen molar-refractivity contribution >= 4 is 11.8 Å². The molecule has 0 aliphatic heterocycles. The van der Waals surface area contributed by atoms with E-state index in [1.54, 1.807) is 19.4 Å². The topological polar surface area (TPSA) is 88.1 Å². The van der Waals surface area contributed by atoms with Crippen molar-refractivity contribution in [3.8, 4) is 0 Å². The Hall–Kier alpha value is -1.69. The fourth-order valence-electron chi connectivity index (χ4n) is 1.56.